The van der Waals surface area contributed by atoms with Gasteiger partial charge in [-0.05, 0) is 32.5 Å². The average molecular weight is 258 g/mol. The lowest BCUT2D eigenvalue weighted by atomic mass is 10.0. The lowest BCUT2D eigenvalue weighted by molar-refractivity contribution is -0.123. The molecule has 0 radical (unpaired) electrons. The summed E-state index contributed by atoms with van der Waals surface area (Å²) in [5.41, 5.74) is 5.46. The van der Waals surface area contributed by atoms with Gasteiger partial charge in [0.25, 0.3) is 0 Å². The van der Waals surface area contributed by atoms with Crippen LogP contribution in [0.15, 0.2) is 5.16 Å². The minimum absolute atomic E-state index is 0.0289. The summed E-state index contributed by atoms with van der Waals surface area (Å²) >= 11 is 0. The fourth-order valence-electron chi connectivity index (χ4n) is 1.78. The van der Waals surface area contributed by atoms with Crippen molar-refractivity contribution in [2.45, 2.75) is 33.6 Å². The van der Waals surface area contributed by atoms with Gasteiger partial charge in [-0.2, -0.15) is 0 Å². The summed E-state index contributed by atoms with van der Waals surface area (Å²) in [6.07, 6.45) is 1.43. The first kappa shape index (κ1) is 16.7. The van der Waals surface area contributed by atoms with Crippen LogP contribution in [-0.4, -0.2) is 48.0 Å². The summed E-state index contributed by atoms with van der Waals surface area (Å²) in [4.78, 5) is 14.1. The summed E-state index contributed by atoms with van der Waals surface area (Å²) in [5, 5.41) is 14.3. The van der Waals surface area contributed by atoms with E-state index in [1.165, 1.54) is 0 Å². The zero-order chi connectivity index (χ0) is 14.0. The quantitative estimate of drug-likeness (QED) is 0.186. The summed E-state index contributed by atoms with van der Waals surface area (Å²) in [6, 6.07) is 0. The molecule has 0 bridgehead atoms. The second-order valence-corrected chi connectivity index (χ2v) is 4.16. The third kappa shape index (κ3) is 5.86. The van der Waals surface area contributed by atoms with Gasteiger partial charge in [0.05, 0.1) is 5.92 Å². The number of nitrogens with two attached hydrogens (primary N) is 1. The second kappa shape index (κ2) is 9.70. The van der Waals surface area contributed by atoms with Gasteiger partial charge in [-0.1, -0.05) is 25.9 Å². The van der Waals surface area contributed by atoms with Crippen LogP contribution in [0.3, 0.4) is 0 Å². The summed E-state index contributed by atoms with van der Waals surface area (Å²) in [5.74, 6) is -0.741. The maximum atomic E-state index is 11.8. The number of hydrogen-bond donors (Lipinski definition) is 3. The number of oxime groups is 1. The Balaban J connectivity index is 3.95. The first-order chi connectivity index (χ1) is 8.60. The fourth-order valence-corrected chi connectivity index (χ4v) is 1.78. The largest absolute Gasteiger partial charge is 0.409 e. The van der Waals surface area contributed by atoms with E-state index in [1.807, 2.05) is 6.92 Å². The highest BCUT2D eigenvalue weighted by molar-refractivity contribution is 6.01. The van der Waals surface area contributed by atoms with Crippen molar-refractivity contribution in [3.63, 3.8) is 0 Å². The third-order valence-corrected chi connectivity index (χ3v) is 3.04. The third-order valence-electron chi connectivity index (χ3n) is 3.04. The van der Waals surface area contributed by atoms with E-state index in [-0.39, 0.29) is 11.7 Å². The van der Waals surface area contributed by atoms with Crippen molar-refractivity contribution in [1.82, 2.24) is 10.2 Å². The summed E-state index contributed by atoms with van der Waals surface area (Å²) in [7, 11) is 0. The van der Waals surface area contributed by atoms with Crippen LogP contribution in [0.5, 0.6) is 0 Å². The monoisotopic (exact) mass is 258 g/mol. The number of amides is 1. The molecule has 0 spiro atoms. The molecular weight excluding hydrogens is 232 g/mol. The van der Waals surface area contributed by atoms with Crippen molar-refractivity contribution in [2.24, 2.45) is 16.8 Å². The van der Waals surface area contributed by atoms with E-state index >= 15 is 0 Å². The number of nitrogens with one attached hydrogen (secondary N) is 1. The van der Waals surface area contributed by atoms with Gasteiger partial charge in [0.15, 0.2) is 5.84 Å². The van der Waals surface area contributed by atoms with Crippen LogP contribution in [0.1, 0.15) is 33.6 Å². The van der Waals surface area contributed by atoms with E-state index in [9.17, 15) is 4.79 Å². The number of carbonyl (C=O) groups is 1. The molecule has 0 rings (SSSR count). The molecule has 0 aliphatic rings. The highest BCUT2D eigenvalue weighted by atomic mass is 16.4. The molecule has 18 heavy (non-hydrogen) atoms. The normalized spacial score (nSPS) is 13.7. The molecule has 0 aromatic carbocycles. The molecule has 0 aromatic rings. The predicted molar refractivity (Wildman–Crippen MR) is 72.6 cm³/mol. The van der Waals surface area contributed by atoms with E-state index in [4.69, 9.17) is 10.9 Å². The predicted octanol–water partition coefficient (Wildman–Crippen LogP) is 0.607. The molecule has 1 atom stereocenters. The van der Waals surface area contributed by atoms with Crippen molar-refractivity contribution >= 4 is 11.7 Å². The SMILES string of the molecule is CCC(C(=O)NCCCN(CC)CC)/C(N)=N/O. The molecule has 1 amide bonds. The van der Waals surface area contributed by atoms with Crippen molar-refractivity contribution in [3.8, 4) is 0 Å². The average Bonchev–Trinajstić information content (AvgIpc) is 2.39. The van der Waals surface area contributed by atoms with Gasteiger partial charge in [-0.3, -0.25) is 4.79 Å². The number of rotatable bonds is 9. The summed E-state index contributed by atoms with van der Waals surface area (Å²) in [6.45, 7) is 9.69. The number of amidine groups is 1. The number of hydrogen-bond acceptors (Lipinski definition) is 4. The molecule has 0 saturated carbocycles. The van der Waals surface area contributed by atoms with Gasteiger partial charge in [-0.15, -0.1) is 0 Å². The smallest absolute Gasteiger partial charge is 0.230 e. The molecule has 4 N–H and O–H groups in total. The first-order valence-electron chi connectivity index (χ1n) is 6.58. The van der Waals surface area contributed by atoms with Gasteiger partial charge in [0.1, 0.15) is 0 Å². The Morgan fingerprint density at radius 2 is 2.00 bits per heavy atom. The van der Waals surface area contributed by atoms with Gasteiger partial charge in [0, 0.05) is 6.54 Å². The Bertz CT molecular complexity index is 265. The van der Waals surface area contributed by atoms with Gasteiger partial charge >= 0.3 is 0 Å². The first-order valence-corrected chi connectivity index (χ1v) is 6.58. The maximum absolute atomic E-state index is 11.8. The molecule has 0 aliphatic carbocycles. The molecule has 0 aromatic heterocycles. The van der Waals surface area contributed by atoms with Gasteiger partial charge in [-0.25, -0.2) is 0 Å². The Morgan fingerprint density at radius 1 is 1.39 bits per heavy atom. The lowest BCUT2D eigenvalue weighted by Crippen LogP contribution is -2.39. The van der Waals surface area contributed by atoms with Gasteiger partial charge < -0.3 is 21.2 Å². The number of nitrogens with zero attached hydrogens (tertiary/aromatic N) is 2. The molecular formula is C12H26N4O2. The molecule has 0 fully saturated rings. The minimum atomic E-state index is -0.538. The molecule has 1 unspecified atom stereocenters. The van der Waals surface area contributed by atoms with Crippen LogP contribution < -0.4 is 11.1 Å². The fraction of sp³-hybridized carbons (Fsp3) is 0.833. The van der Waals surface area contributed by atoms with E-state index in [0.717, 1.165) is 26.1 Å². The molecule has 6 nitrogen and oxygen atoms in total. The topological polar surface area (TPSA) is 91.0 Å². The van der Waals surface area contributed by atoms with Gasteiger partial charge in [0.2, 0.25) is 5.91 Å². The van der Waals surface area contributed by atoms with Crippen molar-refractivity contribution < 1.29 is 10.0 Å². The zero-order valence-corrected chi connectivity index (χ0v) is 11.6. The molecule has 106 valence electrons. The van der Waals surface area contributed by atoms with Crippen LogP contribution in [0, 0.1) is 5.92 Å². The Kier molecular flexibility index (Phi) is 9.00. The van der Waals surface area contributed by atoms with Crippen LogP contribution >= 0.6 is 0 Å². The van der Waals surface area contributed by atoms with E-state index < -0.39 is 5.92 Å². The van der Waals surface area contributed by atoms with E-state index in [1.54, 1.807) is 0 Å². The van der Waals surface area contributed by atoms with Crippen LogP contribution in [0.4, 0.5) is 0 Å². The minimum Gasteiger partial charge on any atom is -0.409 e. The van der Waals surface area contributed by atoms with Crippen molar-refractivity contribution in [3.05, 3.63) is 0 Å². The van der Waals surface area contributed by atoms with Crippen molar-refractivity contribution in [1.29, 1.82) is 0 Å². The Hall–Kier alpha value is -1.30. The standard InChI is InChI=1S/C12H26N4O2/c1-4-10(11(13)15-18)12(17)14-8-7-9-16(5-2)6-3/h10,18H,4-9H2,1-3H3,(H2,13,15)(H,14,17). The molecule has 6 heteroatoms. The van der Waals surface area contributed by atoms with Crippen molar-refractivity contribution in [2.75, 3.05) is 26.2 Å². The second-order valence-electron chi connectivity index (χ2n) is 4.16. The van der Waals surface area contributed by atoms with E-state index in [0.29, 0.717) is 13.0 Å². The maximum Gasteiger partial charge on any atom is 0.230 e. The number of carbonyl (C=O) groups excluding carboxylic acids is 1. The highest BCUT2D eigenvalue weighted by Crippen LogP contribution is 2.02. The summed E-state index contributed by atoms with van der Waals surface area (Å²) < 4.78 is 0. The van der Waals surface area contributed by atoms with E-state index in [2.05, 4.69) is 29.2 Å². The van der Waals surface area contributed by atoms with Crippen LogP contribution in [0.2, 0.25) is 0 Å². The highest BCUT2D eigenvalue weighted by Gasteiger charge is 2.20. The van der Waals surface area contributed by atoms with Crippen LogP contribution in [0.25, 0.3) is 0 Å². The lowest BCUT2D eigenvalue weighted by Gasteiger charge is -2.18. The zero-order valence-electron chi connectivity index (χ0n) is 11.6. The molecule has 0 saturated heterocycles. The van der Waals surface area contributed by atoms with Crippen LogP contribution in [-0.2, 0) is 4.79 Å². The molecule has 0 aliphatic heterocycles. The molecule has 0 heterocycles. The Morgan fingerprint density at radius 3 is 2.44 bits per heavy atom. The Labute approximate surface area is 109 Å².